The molecule has 0 bridgehead atoms. The number of piperidine rings is 1. The molecule has 1 amide bonds. The molecule has 1 atom stereocenters. The zero-order valence-electron chi connectivity index (χ0n) is 14.4. The molecule has 2 fully saturated rings. The van der Waals surface area contributed by atoms with E-state index in [1.807, 2.05) is 0 Å². The van der Waals surface area contributed by atoms with Gasteiger partial charge >= 0.3 is 0 Å². The molecular formula is C19H21F2N3O2. The lowest BCUT2D eigenvalue weighted by Crippen LogP contribution is -2.34. The minimum Gasteiger partial charge on any atom is -0.351 e. The second-order valence-corrected chi connectivity index (χ2v) is 7.19. The van der Waals surface area contributed by atoms with Gasteiger partial charge in [-0.3, -0.25) is 9.69 Å². The van der Waals surface area contributed by atoms with E-state index < -0.39 is 11.6 Å². The highest BCUT2D eigenvalue weighted by Crippen LogP contribution is 2.28. The number of nitrogens with one attached hydrogen (secondary N) is 1. The summed E-state index contributed by atoms with van der Waals surface area (Å²) >= 11 is 0. The first-order valence-corrected chi connectivity index (χ1v) is 9.02. The normalized spacial score (nSPS) is 20.9. The van der Waals surface area contributed by atoms with E-state index in [0.29, 0.717) is 6.54 Å². The van der Waals surface area contributed by atoms with Crippen LogP contribution in [0.4, 0.5) is 8.78 Å². The van der Waals surface area contributed by atoms with Gasteiger partial charge in [0.15, 0.2) is 11.6 Å². The Bertz CT molecular complexity index is 804. The zero-order valence-corrected chi connectivity index (χ0v) is 14.4. The fraction of sp³-hybridized carbons (Fsp3) is 0.474. The van der Waals surface area contributed by atoms with E-state index in [1.54, 1.807) is 12.1 Å². The first kappa shape index (κ1) is 17.1. The average Bonchev–Trinajstić information content (AvgIpc) is 3.30. The molecule has 0 spiro atoms. The Morgan fingerprint density at radius 1 is 1.23 bits per heavy atom. The lowest BCUT2D eigenvalue weighted by molar-refractivity contribution is 0.0913. The first-order chi connectivity index (χ1) is 12.6. The molecule has 26 heavy (non-hydrogen) atoms. The van der Waals surface area contributed by atoms with Crippen LogP contribution >= 0.6 is 0 Å². The lowest BCUT2D eigenvalue weighted by Gasteiger charge is -2.31. The molecule has 138 valence electrons. The maximum atomic E-state index is 13.4. The molecule has 2 aromatic rings. The van der Waals surface area contributed by atoms with Crippen molar-refractivity contribution < 1.29 is 18.1 Å². The van der Waals surface area contributed by atoms with Crippen molar-refractivity contribution in [3.63, 3.8) is 0 Å². The first-order valence-electron chi connectivity index (χ1n) is 9.02. The number of carbonyl (C=O) groups is 1. The Hall–Kier alpha value is -2.28. The number of nitrogens with zero attached hydrogens (tertiary/aromatic N) is 2. The summed E-state index contributed by atoms with van der Waals surface area (Å²) in [6.07, 6.45) is 3.98. The van der Waals surface area contributed by atoms with E-state index in [1.165, 1.54) is 6.07 Å². The van der Waals surface area contributed by atoms with Crippen LogP contribution in [-0.4, -0.2) is 35.1 Å². The van der Waals surface area contributed by atoms with E-state index >= 15 is 0 Å². The molecule has 1 aromatic heterocycles. The third kappa shape index (κ3) is 3.93. The summed E-state index contributed by atoms with van der Waals surface area (Å²) in [6.45, 7) is 2.19. The summed E-state index contributed by atoms with van der Waals surface area (Å²) in [7, 11) is 0. The molecule has 2 heterocycles. The van der Waals surface area contributed by atoms with Crippen LogP contribution in [0, 0.1) is 11.6 Å². The maximum absolute atomic E-state index is 13.4. The monoisotopic (exact) mass is 361 g/mol. The van der Waals surface area contributed by atoms with Gasteiger partial charge in [0.1, 0.15) is 0 Å². The van der Waals surface area contributed by atoms with E-state index in [-0.39, 0.29) is 23.6 Å². The van der Waals surface area contributed by atoms with Gasteiger partial charge in [-0.15, -0.1) is 0 Å². The van der Waals surface area contributed by atoms with Gasteiger partial charge in [-0.25, -0.2) is 8.78 Å². The van der Waals surface area contributed by atoms with Crippen molar-refractivity contribution in [1.29, 1.82) is 0 Å². The Labute approximate surface area is 150 Å². The van der Waals surface area contributed by atoms with Crippen molar-refractivity contribution in [2.24, 2.45) is 0 Å². The average molecular weight is 361 g/mol. The Balaban J connectivity index is 1.39. The Morgan fingerprint density at radius 3 is 2.85 bits per heavy atom. The van der Waals surface area contributed by atoms with Crippen LogP contribution in [0.5, 0.6) is 0 Å². The summed E-state index contributed by atoms with van der Waals surface area (Å²) in [5.41, 5.74) is 1.52. The molecular weight excluding hydrogens is 340 g/mol. The summed E-state index contributed by atoms with van der Waals surface area (Å²) in [6, 6.07) is 6.02. The summed E-state index contributed by atoms with van der Waals surface area (Å²) in [5.74, 6) is -1.44. The fourth-order valence-electron chi connectivity index (χ4n) is 3.41. The van der Waals surface area contributed by atoms with Gasteiger partial charge in [0.25, 0.3) is 5.91 Å². The number of benzene rings is 1. The van der Waals surface area contributed by atoms with Gasteiger partial charge in [0.2, 0.25) is 5.76 Å². The van der Waals surface area contributed by atoms with Crippen LogP contribution in [0.25, 0.3) is 0 Å². The van der Waals surface area contributed by atoms with E-state index in [2.05, 4.69) is 15.4 Å². The van der Waals surface area contributed by atoms with Gasteiger partial charge in [-0.05, 0) is 49.9 Å². The van der Waals surface area contributed by atoms with E-state index in [4.69, 9.17) is 4.52 Å². The number of likely N-dealkylation sites (tertiary alicyclic amines) is 1. The molecule has 0 radical (unpaired) electrons. The van der Waals surface area contributed by atoms with Crippen molar-refractivity contribution in [3.05, 3.63) is 52.9 Å². The van der Waals surface area contributed by atoms with Crippen molar-refractivity contribution in [2.45, 2.75) is 44.2 Å². The van der Waals surface area contributed by atoms with Gasteiger partial charge in [-0.1, -0.05) is 11.2 Å². The molecule has 1 N–H and O–H groups in total. The summed E-state index contributed by atoms with van der Waals surface area (Å²) in [5, 5.41) is 6.97. The van der Waals surface area contributed by atoms with Gasteiger partial charge in [-0.2, -0.15) is 0 Å². The van der Waals surface area contributed by atoms with Crippen LogP contribution in [0.1, 0.15) is 53.4 Å². The van der Waals surface area contributed by atoms with Crippen molar-refractivity contribution >= 4 is 5.91 Å². The topological polar surface area (TPSA) is 58.4 Å². The fourth-order valence-corrected chi connectivity index (χ4v) is 3.41. The highest BCUT2D eigenvalue weighted by molar-refractivity contribution is 5.91. The SMILES string of the molecule is O=C(NC1CC1)c1cc([C@@H]2CCCN(Cc3ccc(F)c(F)c3)C2)no1. The van der Waals surface area contributed by atoms with Gasteiger partial charge < -0.3 is 9.84 Å². The van der Waals surface area contributed by atoms with Gasteiger partial charge in [0, 0.05) is 31.1 Å². The molecule has 2 aliphatic rings. The third-order valence-corrected chi connectivity index (χ3v) is 4.98. The molecule has 7 heteroatoms. The molecule has 1 saturated heterocycles. The third-order valence-electron chi connectivity index (χ3n) is 4.98. The van der Waals surface area contributed by atoms with Crippen molar-refractivity contribution in [1.82, 2.24) is 15.4 Å². The number of halogens is 2. The molecule has 0 unspecified atom stereocenters. The lowest BCUT2D eigenvalue weighted by atomic mass is 9.94. The van der Waals surface area contributed by atoms with Gasteiger partial charge in [0.05, 0.1) is 5.69 Å². The van der Waals surface area contributed by atoms with E-state index in [9.17, 15) is 13.6 Å². The molecule has 1 saturated carbocycles. The number of aromatic nitrogens is 1. The minimum absolute atomic E-state index is 0.167. The van der Waals surface area contributed by atoms with Crippen molar-refractivity contribution in [2.75, 3.05) is 13.1 Å². The largest absolute Gasteiger partial charge is 0.351 e. The maximum Gasteiger partial charge on any atom is 0.290 e. The van der Waals surface area contributed by atoms with E-state index in [0.717, 1.165) is 56.1 Å². The van der Waals surface area contributed by atoms with Crippen LogP contribution in [0.15, 0.2) is 28.8 Å². The van der Waals surface area contributed by atoms with Crippen LogP contribution in [0.3, 0.4) is 0 Å². The highest BCUT2D eigenvalue weighted by Gasteiger charge is 2.28. The molecule has 1 aliphatic carbocycles. The van der Waals surface area contributed by atoms with Crippen LogP contribution in [-0.2, 0) is 6.54 Å². The zero-order chi connectivity index (χ0) is 18.1. The smallest absolute Gasteiger partial charge is 0.290 e. The standard InChI is InChI=1S/C19H21F2N3O2/c20-15-6-3-12(8-16(15)21)10-24-7-1-2-13(11-24)17-9-18(26-23-17)19(25)22-14-4-5-14/h3,6,8-9,13-14H,1-2,4-5,7,10-11H2,(H,22,25)/t13-/m1/s1. The molecule has 1 aliphatic heterocycles. The number of amides is 1. The highest BCUT2D eigenvalue weighted by atomic mass is 19.2. The number of rotatable bonds is 5. The Kier molecular flexibility index (Phi) is 4.72. The number of carbonyl (C=O) groups excluding carboxylic acids is 1. The predicted octanol–water partition coefficient (Wildman–Crippen LogP) is 3.22. The van der Waals surface area contributed by atoms with Crippen LogP contribution < -0.4 is 5.32 Å². The molecule has 5 nitrogen and oxygen atoms in total. The molecule has 4 rings (SSSR count). The quantitative estimate of drug-likeness (QED) is 0.888. The summed E-state index contributed by atoms with van der Waals surface area (Å²) < 4.78 is 31.7. The predicted molar refractivity (Wildman–Crippen MR) is 90.6 cm³/mol. The number of hydrogen-bond donors (Lipinski definition) is 1. The molecule has 1 aromatic carbocycles. The second kappa shape index (κ2) is 7.15. The second-order valence-electron chi connectivity index (χ2n) is 7.19. The Morgan fingerprint density at radius 2 is 2.08 bits per heavy atom. The van der Waals surface area contributed by atoms with Crippen molar-refractivity contribution in [3.8, 4) is 0 Å². The van der Waals surface area contributed by atoms with Crippen LogP contribution in [0.2, 0.25) is 0 Å². The number of hydrogen-bond acceptors (Lipinski definition) is 4. The summed E-state index contributed by atoms with van der Waals surface area (Å²) in [4.78, 5) is 14.2. The minimum atomic E-state index is -0.829.